The molecule has 10 heteroatoms. The number of aryl methyl sites for hydroxylation is 1. The van der Waals surface area contributed by atoms with E-state index in [0.717, 1.165) is 16.0 Å². The van der Waals surface area contributed by atoms with Crippen molar-refractivity contribution in [3.63, 3.8) is 0 Å². The molecule has 0 aliphatic heterocycles. The number of hydrogen-bond donors (Lipinski definition) is 2. The average Bonchev–Trinajstić information content (AvgIpc) is 3.17. The molecule has 0 bridgehead atoms. The highest BCUT2D eigenvalue weighted by molar-refractivity contribution is 7.89. The SMILES string of the molecule is Cc1ccc(Cc2cnc(NC(=O)c3ccc(S(=O)(=O)NCCC#N)cc3)s2)cc1Cl. The lowest BCUT2D eigenvalue weighted by molar-refractivity contribution is 0.102. The summed E-state index contributed by atoms with van der Waals surface area (Å²) in [6.45, 7) is 1.97. The number of hydrogen-bond acceptors (Lipinski definition) is 6. The number of benzene rings is 2. The van der Waals surface area contributed by atoms with E-state index < -0.39 is 10.0 Å². The summed E-state index contributed by atoms with van der Waals surface area (Å²) in [4.78, 5) is 17.7. The van der Waals surface area contributed by atoms with E-state index >= 15 is 0 Å². The first-order valence-corrected chi connectivity index (χ1v) is 11.9. The molecule has 3 aromatic rings. The van der Waals surface area contributed by atoms with Crippen LogP contribution in [0.4, 0.5) is 5.13 Å². The largest absolute Gasteiger partial charge is 0.298 e. The highest BCUT2D eigenvalue weighted by Crippen LogP contribution is 2.24. The van der Waals surface area contributed by atoms with Gasteiger partial charge in [0.15, 0.2) is 5.13 Å². The van der Waals surface area contributed by atoms with Crippen LogP contribution in [0.3, 0.4) is 0 Å². The molecular formula is C21H19ClN4O3S2. The smallest absolute Gasteiger partial charge is 0.257 e. The first kappa shape index (κ1) is 22.9. The molecule has 0 atom stereocenters. The highest BCUT2D eigenvalue weighted by atomic mass is 35.5. The van der Waals surface area contributed by atoms with Crippen molar-refractivity contribution in [3.05, 3.63) is 75.3 Å². The van der Waals surface area contributed by atoms with E-state index in [2.05, 4.69) is 15.0 Å². The van der Waals surface area contributed by atoms with Crippen molar-refractivity contribution in [3.8, 4) is 6.07 Å². The molecule has 0 unspecified atom stereocenters. The van der Waals surface area contributed by atoms with Crippen molar-refractivity contribution in [1.82, 2.24) is 9.71 Å². The highest BCUT2D eigenvalue weighted by Gasteiger charge is 2.15. The van der Waals surface area contributed by atoms with Crippen LogP contribution in [0.15, 0.2) is 53.6 Å². The van der Waals surface area contributed by atoms with Crippen LogP contribution >= 0.6 is 22.9 Å². The molecule has 0 spiro atoms. The van der Waals surface area contributed by atoms with E-state index in [-0.39, 0.29) is 23.8 Å². The standard InChI is InChI=1S/C21H19ClN4O3S2/c1-14-3-4-15(12-19(14)22)11-17-13-24-21(30-17)26-20(27)16-5-7-18(8-6-16)31(28,29)25-10-2-9-23/h3-8,12-13,25H,2,10-11H2,1H3,(H,24,26,27). The number of thiazole rings is 1. The molecule has 0 fully saturated rings. The number of nitriles is 1. The fourth-order valence-corrected chi connectivity index (χ4v) is 4.75. The molecule has 1 heterocycles. The van der Waals surface area contributed by atoms with Gasteiger partial charge in [-0.3, -0.25) is 10.1 Å². The number of halogens is 1. The molecule has 0 saturated heterocycles. The Labute approximate surface area is 189 Å². The van der Waals surface area contributed by atoms with Crippen LogP contribution in [-0.4, -0.2) is 25.9 Å². The maximum absolute atomic E-state index is 12.5. The Hall–Kier alpha value is -2.77. The molecular weight excluding hydrogens is 456 g/mol. The summed E-state index contributed by atoms with van der Waals surface area (Å²) in [5.41, 5.74) is 2.37. The van der Waals surface area contributed by atoms with Crippen molar-refractivity contribution in [2.45, 2.75) is 24.7 Å². The Morgan fingerprint density at radius 1 is 1.23 bits per heavy atom. The van der Waals surface area contributed by atoms with Crippen LogP contribution in [0.1, 0.15) is 32.8 Å². The summed E-state index contributed by atoms with van der Waals surface area (Å²) < 4.78 is 26.6. The molecule has 7 nitrogen and oxygen atoms in total. The summed E-state index contributed by atoms with van der Waals surface area (Å²) in [7, 11) is -3.72. The molecule has 31 heavy (non-hydrogen) atoms. The second kappa shape index (κ2) is 10.0. The zero-order chi connectivity index (χ0) is 22.4. The van der Waals surface area contributed by atoms with Gasteiger partial charge in [-0.1, -0.05) is 23.7 Å². The minimum Gasteiger partial charge on any atom is -0.298 e. The maximum atomic E-state index is 12.5. The molecule has 0 aliphatic rings. The topological polar surface area (TPSA) is 112 Å². The monoisotopic (exact) mass is 474 g/mol. The van der Waals surface area contributed by atoms with Crippen LogP contribution in [0, 0.1) is 18.3 Å². The predicted molar refractivity (Wildman–Crippen MR) is 121 cm³/mol. The third-order valence-corrected chi connectivity index (χ3v) is 7.14. The van der Waals surface area contributed by atoms with E-state index in [1.807, 2.05) is 31.2 Å². The van der Waals surface area contributed by atoms with E-state index in [4.69, 9.17) is 16.9 Å². The van der Waals surface area contributed by atoms with E-state index in [1.54, 1.807) is 6.20 Å². The van der Waals surface area contributed by atoms with Gasteiger partial charge < -0.3 is 0 Å². The first-order chi connectivity index (χ1) is 14.8. The number of rotatable bonds is 8. The first-order valence-electron chi connectivity index (χ1n) is 9.26. The number of carbonyl (C=O) groups is 1. The van der Waals surface area contributed by atoms with Gasteiger partial charge in [-0.15, -0.1) is 11.3 Å². The summed E-state index contributed by atoms with van der Waals surface area (Å²) in [5, 5.41) is 12.4. The molecule has 0 radical (unpaired) electrons. The van der Waals surface area contributed by atoms with Crippen molar-refractivity contribution in [2.24, 2.45) is 0 Å². The predicted octanol–water partition coefficient (Wildman–Crippen LogP) is 4.14. The lowest BCUT2D eigenvalue weighted by Gasteiger charge is -2.06. The van der Waals surface area contributed by atoms with Crippen LogP contribution < -0.4 is 10.0 Å². The lowest BCUT2D eigenvalue weighted by atomic mass is 10.1. The third-order valence-electron chi connectivity index (χ3n) is 4.34. The number of amides is 1. The van der Waals surface area contributed by atoms with Gasteiger partial charge in [0.05, 0.1) is 11.0 Å². The number of carbonyl (C=O) groups excluding carboxylic acids is 1. The normalized spacial score (nSPS) is 11.1. The van der Waals surface area contributed by atoms with E-state index in [0.29, 0.717) is 22.1 Å². The number of nitrogens with one attached hydrogen (secondary N) is 2. The van der Waals surface area contributed by atoms with Gasteiger partial charge in [0.2, 0.25) is 10.0 Å². The minimum atomic E-state index is -3.72. The van der Waals surface area contributed by atoms with Gasteiger partial charge in [-0.25, -0.2) is 18.1 Å². The van der Waals surface area contributed by atoms with Crippen molar-refractivity contribution in [2.75, 3.05) is 11.9 Å². The third kappa shape index (κ3) is 6.12. The fourth-order valence-electron chi connectivity index (χ4n) is 2.67. The molecule has 2 N–H and O–H groups in total. The average molecular weight is 475 g/mol. The lowest BCUT2D eigenvalue weighted by Crippen LogP contribution is -2.24. The van der Waals surface area contributed by atoms with Gasteiger partial charge in [0.25, 0.3) is 5.91 Å². The van der Waals surface area contributed by atoms with Gasteiger partial charge in [-0.2, -0.15) is 5.26 Å². The van der Waals surface area contributed by atoms with Gasteiger partial charge in [-0.05, 0) is 48.4 Å². The Kier molecular flexibility index (Phi) is 7.41. The summed E-state index contributed by atoms with van der Waals surface area (Å²) in [6.07, 6.45) is 2.43. The Morgan fingerprint density at radius 2 is 1.97 bits per heavy atom. The van der Waals surface area contributed by atoms with Gasteiger partial charge in [0, 0.05) is 41.0 Å². The summed E-state index contributed by atoms with van der Waals surface area (Å²) in [6, 6.07) is 13.3. The number of sulfonamides is 1. The summed E-state index contributed by atoms with van der Waals surface area (Å²) >= 11 is 7.53. The number of aromatic nitrogens is 1. The second-order valence-electron chi connectivity index (χ2n) is 6.68. The Bertz CT molecular complexity index is 1230. The molecule has 2 aromatic carbocycles. The van der Waals surface area contributed by atoms with Crippen LogP contribution in [0.5, 0.6) is 0 Å². The molecule has 0 saturated carbocycles. The van der Waals surface area contributed by atoms with Gasteiger partial charge in [0.1, 0.15) is 0 Å². The van der Waals surface area contributed by atoms with E-state index in [1.165, 1.54) is 35.6 Å². The Morgan fingerprint density at radius 3 is 2.65 bits per heavy atom. The maximum Gasteiger partial charge on any atom is 0.257 e. The zero-order valence-corrected chi connectivity index (χ0v) is 18.9. The molecule has 3 rings (SSSR count). The molecule has 1 aromatic heterocycles. The van der Waals surface area contributed by atoms with Crippen molar-refractivity contribution < 1.29 is 13.2 Å². The van der Waals surface area contributed by atoms with E-state index in [9.17, 15) is 13.2 Å². The zero-order valence-electron chi connectivity index (χ0n) is 16.6. The second-order valence-corrected chi connectivity index (χ2v) is 9.97. The Balaban J connectivity index is 1.63. The quantitative estimate of drug-likeness (QED) is 0.476. The molecule has 0 aliphatic carbocycles. The molecule has 1 amide bonds. The summed E-state index contributed by atoms with van der Waals surface area (Å²) in [5.74, 6) is -0.388. The minimum absolute atomic E-state index is 0.0234. The van der Waals surface area contributed by atoms with Crippen molar-refractivity contribution in [1.29, 1.82) is 5.26 Å². The van der Waals surface area contributed by atoms with Crippen LogP contribution in [0.25, 0.3) is 0 Å². The number of nitrogens with zero attached hydrogens (tertiary/aromatic N) is 2. The van der Waals surface area contributed by atoms with Gasteiger partial charge >= 0.3 is 0 Å². The van der Waals surface area contributed by atoms with Crippen LogP contribution in [0.2, 0.25) is 5.02 Å². The number of anilines is 1. The van der Waals surface area contributed by atoms with Crippen LogP contribution in [-0.2, 0) is 16.4 Å². The fraction of sp³-hybridized carbons (Fsp3) is 0.190. The molecule has 160 valence electrons. The van der Waals surface area contributed by atoms with Crippen molar-refractivity contribution >= 4 is 44.0 Å².